The molecule has 1 aliphatic rings. The molecule has 1 saturated heterocycles. The van der Waals surface area contributed by atoms with Gasteiger partial charge in [-0.25, -0.2) is 10.0 Å². The Balaban J connectivity index is 1.52. The van der Waals surface area contributed by atoms with E-state index in [-0.39, 0.29) is 24.8 Å². The second kappa shape index (κ2) is 9.05. The zero-order valence-corrected chi connectivity index (χ0v) is 16.0. The molecule has 9 heteroatoms. The van der Waals surface area contributed by atoms with Gasteiger partial charge in [-0.05, 0) is 37.1 Å². The summed E-state index contributed by atoms with van der Waals surface area (Å²) in [4.78, 5) is 49.1. The molecule has 0 saturated carbocycles. The maximum Gasteiger partial charge on any atom is 0.287 e. The summed E-state index contributed by atoms with van der Waals surface area (Å²) < 4.78 is 4.97. The summed E-state index contributed by atoms with van der Waals surface area (Å²) in [5, 5.41) is 7.66. The highest BCUT2D eigenvalue weighted by atomic mass is 16.3. The van der Waals surface area contributed by atoms with Gasteiger partial charge in [0, 0.05) is 18.7 Å². The predicted molar refractivity (Wildman–Crippen MR) is 103 cm³/mol. The molecule has 29 heavy (non-hydrogen) atoms. The van der Waals surface area contributed by atoms with Crippen molar-refractivity contribution in [2.24, 2.45) is 0 Å². The molecule has 0 bridgehead atoms. The number of rotatable bonds is 6. The van der Waals surface area contributed by atoms with E-state index in [4.69, 9.17) is 4.42 Å². The van der Waals surface area contributed by atoms with Crippen LogP contribution in [0, 0.1) is 6.92 Å². The van der Waals surface area contributed by atoms with Gasteiger partial charge in [0.25, 0.3) is 23.6 Å². The van der Waals surface area contributed by atoms with E-state index in [9.17, 15) is 19.2 Å². The van der Waals surface area contributed by atoms with Crippen molar-refractivity contribution in [2.75, 3.05) is 26.2 Å². The van der Waals surface area contributed by atoms with E-state index in [2.05, 4.69) is 10.6 Å². The zero-order valence-electron chi connectivity index (χ0n) is 16.0. The van der Waals surface area contributed by atoms with E-state index in [0.29, 0.717) is 25.1 Å². The molecule has 4 amide bonds. The largest absolute Gasteiger partial charge is 0.459 e. The number of carbonyl (C=O) groups is 4. The monoisotopic (exact) mass is 398 g/mol. The maximum atomic E-state index is 12.5. The molecular formula is C20H22N4O5. The van der Waals surface area contributed by atoms with Gasteiger partial charge in [0.15, 0.2) is 5.76 Å². The van der Waals surface area contributed by atoms with Crippen LogP contribution in [0.2, 0.25) is 0 Å². The first-order valence-electron chi connectivity index (χ1n) is 9.23. The van der Waals surface area contributed by atoms with Crippen molar-refractivity contribution in [2.45, 2.75) is 13.3 Å². The van der Waals surface area contributed by atoms with Crippen LogP contribution in [-0.4, -0.2) is 59.8 Å². The summed E-state index contributed by atoms with van der Waals surface area (Å²) in [6, 6.07) is 10.1. The van der Waals surface area contributed by atoms with Crippen LogP contribution in [0.15, 0.2) is 47.1 Å². The number of hydrogen-bond donors (Lipinski definition) is 2. The average molecular weight is 398 g/mol. The van der Waals surface area contributed by atoms with Crippen LogP contribution < -0.4 is 10.6 Å². The molecule has 2 aromatic rings. The van der Waals surface area contributed by atoms with Gasteiger partial charge in [0.05, 0.1) is 19.4 Å². The molecule has 1 aromatic carbocycles. The number of hydrazine groups is 1. The van der Waals surface area contributed by atoms with Crippen molar-refractivity contribution in [3.05, 3.63) is 59.5 Å². The number of amides is 4. The summed E-state index contributed by atoms with van der Waals surface area (Å²) in [6.07, 6.45) is 1.98. The molecule has 0 spiro atoms. The van der Waals surface area contributed by atoms with Gasteiger partial charge < -0.3 is 15.1 Å². The van der Waals surface area contributed by atoms with Crippen LogP contribution in [0.25, 0.3) is 0 Å². The zero-order chi connectivity index (χ0) is 20.8. The lowest BCUT2D eigenvalue weighted by Gasteiger charge is -2.28. The van der Waals surface area contributed by atoms with Gasteiger partial charge in [-0.1, -0.05) is 18.2 Å². The summed E-state index contributed by atoms with van der Waals surface area (Å²) in [7, 11) is 0. The van der Waals surface area contributed by atoms with E-state index < -0.39 is 17.7 Å². The fraction of sp³-hybridized carbons (Fsp3) is 0.300. The molecule has 1 aromatic heterocycles. The van der Waals surface area contributed by atoms with E-state index in [1.165, 1.54) is 22.3 Å². The van der Waals surface area contributed by atoms with Gasteiger partial charge in [-0.15, -0.1) is 0 Å². The van der Waals surface area contributed by atoms with Gasteiger partial charge in [-0.3, -0.25) is 19.2 Å². The third-order valence-corrected chi connectivity index (χ3v) is 4.54. The lowest BCUT2D eigenvalue weighted by atomic mass is 10.1. The lowest BCUT2D eigenvalue weighted by Crippen LogP contribution is -2.51. The fourth-order valence-electron chi connectivity index (χ4n) is 3.04. The van der Waals surface area contributed by atoms with Gasteiger partial charge >= 0.3 is 0 Å². The van der Waals surface area contributed by atoms with Crippen LogP contribution in [0.4, 0.5) is 0 Å². The molecule has 9 nitrogen and oxygen atoms in total. The molecule has 2 heterocycles. The van der Waals surface area contributed by atoms with Gasteiger partial charge in [0.2, 0.25) is 0 Å². The number of nitrogens with zero attached hydrogens (tertiary/aromatic N) is 2. The average Bonchev–Trinajstić information content (AvgIpc) is 3.42. The number of hydrogen-bond acceptors (Lipinski definition) is 5. The smallest absolute Gasteiger partial charge is 0.287 e. The van der Waals surface area contributed by atoms with Crippen LogP contribution in [0.5, 0.6) is 0 Å². The third kappa shape index (κ3) is 4.81. The topological polar surface area (TPSA) is 112 Å². The van der Waals surface area contributed by atoms with Gasteiger partial charge in [-0.2, -0.15) is 0 Å². The van der Waals surface area contributed by atoms with Crippen LogP contribution >= 0.6 is 0 Å². The fourth-order valence-corrected chi connectivity index (χ4v) is 3.04. The van der Waals surface area contributed by atoms with Gasteiger partial charge in [0.1, 0.15) is 0 Å². The van der Waals surface area contributed by atoms with Crippen molar-refractivity contribution < 1.29 is 23.6 Å². The second-order valence-corrected chi connectivity index (χ2v) is 6.54. The van der Waals surface area contributed by atoms with Crippen LogP contribution in [0.3, 0.4) is 0 Å². The van der Waals surface area contributed by atoms with E-state index in [0.717, 1.165) is 5.56 Å². The Morgan fingerprint density at radius 2 is 1.52 bits per heavy atom. The Hall–Kier alpha value is -3.62. The maximum absolute atomic E-state index is 12.5. The predicted octanol–water partition coefficient (Wildman–Crippen LogP) is 0.724. The first-order valence-corrected chi connectivity index (χ1v) is 9.23. The van der Waals surface area contributed by atoms with E-state index in [1.54, 1.807) is 18.2 Å². The minimum Gasteiger partial charge on any atom is -0.459 e. The summed E-state index contributed by atoms with van der Waals surface area (Å²) >= 11 is 0. The number of nitrogens with one attached hydrogen (secondary N) is 2. The second-order valence-electron chi connectivity index (χ2n) is 6.54. The molecule has 0 aliphatic carbocycles. The number of furan rings is 1. The van der Waals surface area contributed by atoms with Crippen LogP contribution in [-0.2, 0) is 9.59 Å². The lowest BCUT2D eigenvalue weighted by molar-refractivity contribution is -0.156. The first-order chi connectivity index (χ1) is 14.0. The molecule has 0 unspecified atom stereocenters. The van der Waals surface area contributed by atoms with E-state index >= 15 is 0 Å². The van der Waals surface area contributed by atoms with E-state index in [1.807, 2.05) is 19.1 Å². The molecule has 1 fully saturated rings. The molecule has 2 N–H and O–H groups in total. The summed E-state index contributed by atoms with van der Waals surface area (Å²) in [6.45, 7) is 2.06. The Bertz CT molecular complexity index is 909. The highest BCUT2D eigenvalue weighted by Gasteiger charge is 2.30. The van der Waals surface area contributed by atoms with Crippen molar-refractivity contribution in [3.63, 3.8) is 0 Å². The highest BCUT2D eigenvalue weighted by molar-refractivity contribution is 5.98. The third-order valence-electron chi connectivity index (χ3n) is 4.54. The standard InChI is InChI=1S/C20H22N4O5/c1-14-6-2-3-7-15(14)19(27)21-12-17(25)23-9-5-10-24(23)18(26)13-22-20(28)16-8-4-11-29-16/h2-4,6-8,11H,5,9-10,12-13H2,1H3,(H,21,27)(H,22,28). The quantitative estimate of drug-likeness (QED) is 0.745. The molecule has 3 rings (SSSR count). The first kappa shape index (κ1) is 20.1. The Morgan fingerprint density at radius 1 is 0.897 bits per heavy atom. The summed E-state index contributed by atoms with van der Waals surface area (Å²) in [5.41, 5.74) is 1.30. The Morgan fingerprint density at radius 3 is 2.10 bits per heavy atom. The number of aryl methyl sites for hydroxylation is 1. The molecule has 0 atom stereocenters. The van der Waals surface area contributed by atoms with Crippen molar-refractivity contribution >= 4 is 23.6 Å². The summed E-state index contributed by atoms with van der Waals surface area (Å²) in [5.74, 6) is -1.56. The number of benzene rings is 1. The van der Waals surface area contributed by atoms with Crippen LogP contribution in [0.1, 0.15) is 32.9 Å². The molecular weight excluding hydrogens is 376 g/mol. The Kier molecular flexibility index (Phi) is 6.28. The normalized spacial score (nSPS) is 13.3. The molecule has 1 aliphatic heterocycles. The minimum atomic E-state index is -0.508. The molecule has 0 radical (unpaired) electrons. The van der Waals surface area contributed by atoms with Crippen molar-refractivity contribution in [3.8, 4) is 0 Å². The minimum absolute atomic E-state index is 0.103. The number of carbonyl (C=O) groups excluding carboxylic acids is 4. The van der Waals surface area contributed by atoms with Crippen molar-refractivity contribution in [1.29, 1.82) is 0 Å². The highest BCUT2D eigenvalue weighted by Crippen LogP contribution is 2.11. The van der Waals surface area contributed by atoms with Crippen molar-refractivity contribution in [1.82, 2.24) is 20.7 Å². The Labute approximate surface area is 167 Å². The SMILES string of the molecule is Cc1ccccc1C(=O)NCC(=O)N1CCCN1C(=O)CNC(=O)c1ccco1. The molecule has 152 valence electrons.